The second-order valence-electron chi connectivity index (χ2n) is 5.26. The number of hydrogen-bond acceptors (Lipinski definition) is 5. The van der Waals surface area contributed by atoms with Crippen molar-refractivity contribution in [2.75, 3.05) is 25.1 Å². The van der Waals surface area contributed by atoms with E-state index in [1.807, 2.05) is 18.7 Å². The van der Waals surface area contributed by atoms with Crippen LogP contribution in [0.25, 0.3) is 0 Å². The molecule has 20 heavy (non-hydrogen) atoms. The highest BCUT2D eigenvalue weighted by molar-refractivity contribution is 5.75. The number of rotatable bonds is 3. The Morgan fingerprint density at radius 1 is 1.45 bits per heavy atom. The molecule has 0 saturated carbocycles. The van der Waals surface area contributed by atoms with Crippen LogP contribution in [0.1, 0.15) is 12.5 Å². The van der Waals surface area contributed by atoms with E-state index in [0.29, 0.717) is 18.8 Å². The normalized spacial score (nSPS) is 21.9. The molecule has 1 aliphatic rings. The molecule has 1 aromatic rings. The summed E-state index contributed by atoms with van der Waals surface area (Å²) >= 11 is 0. The van der Waals surface area contributed by atoms with E-state index in [1.54, 1.807) is 12.1 Å². The number of esters is 1. The van der Waals surface area contributed by atoms with Gasteiger partial charge in [0.05, 0.1) is 18.0 Å². The van der Waals surface area contributed by atoms with E-state index in [2.05, 4.69) is 0 Å². The maximum absolute atomic E-state index is 11.7. The molecule has 0 spiro atoms. The highest BCUT2D eigenvalue weighted by Crippen LogP contribution is 2.35. The molecule has 1 aliphatic heterocycles. The third-order valence-electron chi connectivity index (χ3n) is 3.78. The van der Waals surface area contributed by atoms with Gasteiger partial charge in [0.2, 0.25) is 0 Å². The van der Waals surface area contributed by atoms with Gasteiger partial charge in [-0.15, -0.1) is 0 Å². The van der Waals surface area contributed by atoms with Gasteiger partial charge in [-0.2, -0.15) is 0 Å². The van der Waals surface area contributed by atoms with Crippen molar-refractivity contribution in [1.82, 2.24) is 0 Å². The number of aryl methyl sites for hydroxylation is 1. The first-order valence-electron chi connectivity index (χ1n) is 6.52. The molecule has 108 valence electrons. The van der Waals surface area contributed by atoms with E-state index in [4.69, 9.17) is 4.74 Å². The molecule has 1 fully saturated rings. The summed E-state index contributed by atoms with van der Waals surface area (Å²) in [5.74, 6) is -0.377. The fraction of sp³-hybridized carbons (Fsp3) is 0.500. The second kappa shape index (κ2) is 5.48. The van der Waals surface area contributed by atoms with E-state index in [9.17, 15) is 14.9 Å². The van der Waals surface area contributed by atoms with E-state index < -0.39 is 0 Å². The van der Waals surface area contributed by atoms with Gasteiger partial charge in [0.25, 0.3) is 5.69 Å². The Labute approximate surface area is 117 Å². The van der Waals surface area contributed by atoms with Crippen LogP contribution in [0.15, 0.2) is 18.2 Å². The minimum atomic E-state index is -0.384. The lowest BCUT2D eigenvalue weighted by Gasteiger charge is -2.18. The van der Waals surface area contributed by atoms with Crippen LogP contribution in [-0.2, 0) is 9.53 Å². The summed E-state index contributed by atoms with van der Waals surface area (Å²) in [6, 6.07) is 5.03. The lowest BCUT2D eigenvalue weighted by atomic mass is 9.99. The summed E-state index contributed by atoms with van der Waals surface area (Å²) in [5, 5.41) is 11.1. The van der Waals surface area contributed by atoms with Gasteiger partial charge in [-0.25, -0.2) is 0 Å². The van der Waals surface area contributed by atoms with E-state index >= 15 is 0 Å². The summed E-state index contributed by atoms with van der Waals surface area (Å²) in [5.41, 5.74) is 1.61. The van der Waals surface area contributed by atoms with Crippen molar-refractivity contribution in [2.45, 2.75) is 13.8 Å². The highest BCUT2D eigenvalue weighted by Gasteiger charge is 2.37. The lowest BCUT2D eigenvalue weighted by molar-refractivity contribution is -0.384. The predicted molar refractivity (Wildman–Crippen MR) is 74.7 cm³/mol. The Hall–Kier alpha value is -2.11. The Bertz CT molecular complexity index is 544. The van der Waals surface area contributed by atoms with Crippen LogP contribution in [0.5, 0.6) is 0 Å². The monoisotopic (exact) mass is 278 g/mol. The van der Waals surface area contributed by atoms with E-state index in [0.717, 1.165) is 5.56 Å². The molecule has 1 heterocycles. The first-order chi connectivity index (χ1) is 9.43. The summed E-state index contributed by atoms with van der Waals surface area (Å²) in [6.07, 6.45) is 0. The third-order valence-corrected chi connectivity index (χ3v) is 3.78. The van der Waals surface area contributed by atoms with Crippen LogP contribution in [0.4, 0.5) is 11.4 Å². The molecule has 0 N–H and O–H groups in total. The molecule has 6 heteroatoms. The standard InChI is InChI=1S/C14H18N2O4/c1-9-4-5-12(16(18)19)13(6-9)15-7-10(2)11(8-15)14(17)20-3/h4-6,10-11H,7-8H2,1-3H3. The van der Waals surface area contributed by atoms with Crippen molar-refractivity contribution in [1.29, 1.82) is 0 Å². The zero-order valence-electron chi connectivity index (χ0n) is 11.8. The quantitative estimate of drug-likeness (QED) is 0.481. The van der Waals surface area contributed by atoms with Crippen molar-refractivity contribution < 1.29 is 14.5 Å². The molecule has 0 bridgehead atoms. The molecule has 0 radical (unpaired) electrons. The molecule has 2 unspecified atom stereocenters. The van der Waals surface area contributed by atoms with E-state index in [1.165, 1.54) is 13.2 Å². The Morgan fingerprint density at radius 3 is 2.75 bits per heavy atom. The van der Waals surface area contributed by atoms with Crippen LogP contribution >= 0.6 is 0 Å². The zero-order valence-corrected chi connectivity index (χ0v) is 11.8. The second-order valence-corrected chi connectivity index (χ2v) is 5.26. The molecule has 0 amide bonds. The molecule has 2 rings (SSSR count). The smallest absolute Gasteiger partial charge is 0.310 e. The van der Waals surface area contributed by atoms with E-state index in [-0.39, 0.29) is 28.4 Å². The van der Waals surface area contributed by atoms with Crippen LogP contribution in [-0.4, -0.2) is 31.1 Å². The number of nitro groups is 1. The number of benzene rings is 1. The van der Waals surface area contributed by atoms with Crippen LogP contribution in [0, 0.1) is 28.9 Å². The highest BCUT2D eigenvalue weighted by atomic mass is 16.6. The Balaban J connectivity index is 2.31. The van der Waals surface area contributed by atoms with Crippen LogP contribution in [0.2, 0.25) is 0 Å². The number of methoxy groups -OCH3 is 1. The molecule has 2 atom stereocenters. The Kier molecular flexibility index (Phi) is 3.92. The average Bonchev–Trinajstić information content (AvgIpc) is 2.79. The number of carbonyl (C=O) groups is 1. The van der Waals surface area contributed by atoms with Gasteiger partial charge in [-0.1, -0.05) is 13.0 Å². The van der Waals surface area contributed by atoms with Gasteiger partial charge < -0.3 is 9.64 Å². The SMILES string of the molecule is COC(=O)C1CN(c2cc(C)ccc2[N+](=O)[O-])CC1C. The van der Waals surface area contributed by atoms with Crippen LogP contribution in [0.3, 0.4) is 0 Å². The van der Waals surface area contributed by atoms with Gasteiger partial charge >= 0.3 is 5.97 Å². The summed E-state index contributed by atoms with van der Waals surface area (Å²) in [4.78, 5) is 24.4. The maximum Gasteiger partial charge on any atom is 0.310 e. The number of ether oxygens (including phenoxy) is 1. The first-order valence-corrected chi connectivity index (χ1v) is 6.52. The topological polar surface area (TPSA) is 72.7 Å². The number of nitrogens with zero attached hydrogens (tertiary/aromatic N) is 2. The largest absolute Gasteiger partial charge is 0.469 e. The first kappa shape index (κ1) is 14.3. The van der Waals surface area contributed by atoms with Gasteiger partial charge in [0.15, 0.2) is 0 Å². The molecule has 1 aromatic carbocycles. The number of hydrogen-bond donors (Lipinski definition) is 0. The number of anilines is 1. The molecular weight excluding hydrogens is 260 g/mol. The van der Waals surface area contributed by atoms with Gasteiger partial charge in [-0.3, -0.25) is 14.9 Å². The van der Waals surface area contributed by atoms with Crippen molar-refractivity contribution in [3.8, 4) is 0 Å². The zero-order chi connectivity index (χ0) is 14.9. The third kappa shape index (κ3) is 2.59. The van der Waals surface area contributed by atoms with Gasteiger partial charge in [-0.05, 0) is 24.5 Å². The molecule has 0 aliphatic carbocycles. The fourth-order valence-electron chi connectivity index (χ4n) is 2.66. The predicted octanol–water partition coefficient (Wildman–Crippen LogP) is 2.15. The minimum absolute atomic E-state index is 0.0771. The molecular formula is C14H18N2O4. The van der Waals surface area contributed by atoms with Crippen molar-refractivity contribution in [2.24, 2.45) is 11.8 Å². The number of nitro benzene ring substituents is 1. The summed E-state index contributed by atoms with van der Waals surface area (Å²) < 4.78 is 4.79. The van der Waals surface area contributed by atoms with Crippen molar-refractivity contribution in [3.05, 3.63) is 33.9 Å². The Morgan fingerprint density at radius 2 is 2.15 bits per heavy atom. The molecule has 1 saturated heterocycles. The summed E-state index contributed by atoms with van der Waals surface area (Å²) in [7, 11) is 1.37. The van der Waals surface area contributed by atoms with Crippen LogP contribution < -0.4 is 4.90 Å². The fourth-order valence-corrected chi connectivity index (χ4v) is 2.66. The summed E-state index contributed by atoms with van der Waals surface area (Å²) in [6.45, 7) is 4.93. The van der Waals surface area contributed by atoms with Crippen molar-refractivity contribution >= 4 is 17.3 Å². The minimum Gasteiger partial charge on any atom is -0.469 e. The van der Waals surface area contributed by atoms with Gasteiger partial charge in [0, 0.05) is 19.2 Å². The number of carbonyl (C=O) groups excluding carboxylic acids is 1. The average molecular weight is 278 g/mol. The van der Waals surface area contributed by atoms with Gasteiger partial charge in [0.1, 0.15) is 5.69 Å². The van der Waals surface area contributed by atoms with Crippen molar-refractivity contribution in [3.63, 3.8) is 0 Å². The lowest BCUT2D eigenvalue weighted by Crippen LogP contribution is -2.24. The molecule has 0 aromatic heterocycles. The molecule has 6 nitrogen and oxygen atoms in total. The maximum atomic E-state index is 11.7.